The lowest BCUT2D eigenvalue weighted by Crippen LogP contribution is -2.36. The number of aliphatic carboxylic acids is 1. The molecule has 5 heteroatoms. The first-order valence-corrected chi connectivity index (χ1v) is 6.45. The Kier molecular flexibility index (Phi) is 4.16. The Labute approximate surface area is 112 Å². The van der Waals surface area contributed by atoms with Gasteiger partial charge in [-0.05, 0) is 31.5 Å². The van der Waals surface area contributed by atoms with E-state index < -0.39 is 5.97 Å². The van der Waals surface area contributed by atoms with Gasteiger partial charge in [0, 0.05) is 12.1 Å². The molecule has 0 saturated carbocycles. The average Bonchev–Trinajstić information content (AvgIpc) is 2.39. The van der Waals surface area contributed by atoms with E-state index in [4.69, 9.17) is 16.2 Å². The molecule has 0 aliphatic carbocycles. The smallest absolute Gasteiger partial charge is 0.306 e. The third-order valence-corrected chi connectivity index (χ3v) is 3.64. The first-order valence-electron chi connectivity index (χ1n) is 6.45. The summed E-state index contributed by atoms with van der Waals surface area (Å²) in [5, 5.41) is 16.5. The van der Waals surface area contributed by atoms with Gasteiger partial charge in [-0.25, -0.2) is 0 Å². The van der Waals surface area contributed by atoms with Crippen molar-refractivity contribution in [2.75, 3.05) is 13.1 Å². The van der Waals surface area contributed by atoms with Gasteiger partial charge in [0.2, 0.25) is 0 Å². The van der Waals surface area contributed by atoms with Crippen LogP contribution < -0.4 is 5.73 Å². The van der Waals surface area contributed by atoms with Crippen LogP contribution in [0.2, 0.25) is 0 Å². The molecule has 1 aliphatic rings. The molecule has 0 unspecified atom stereocenters. The minimum atomic E-state index is -0.691. The van der Waals surface area contributed by atoms with Gasteiger partial charge in [0.1, 0.15) is 5.84 Å². The third kappa shape index (κ3) is 3.32. The highest BCUT2D eigenvalue weighted by molar-refractivity contribution is 5.96. The first kappa shape index (κ1) is 13.5. The number of amidine groups is 1. The summed E-state index contributed by atoms with van der Waals surface area (Å²) in [4.78, 5) is 13.1. The maximum Gasteiger partial charge on any atom is 0.306 e. The van der Waals surface area contributed by atoms with Gasteiger partial charge < -0.3 is 10.8 Å². The molecule has 102 valence electrons. The van der Waals surface area contributed by atoms with Crippen molar-refractivity contribution in [3.63, 3.8) is 0 Å². The lowest BCUT2D eigenvalue weighted by Gasteiger charge is -2.30. The Hall–Kier alpha value is -1.88. The van der Waals surface area contributed by atoms with E-state index in [1.54, 1.807) is 0 Å². The van der Waals surface area contributed by atoms with Crippen LogP contribution in [0.15, 0.2) is 24.3 Å². The van der Waals surface area contributed by atoms with Gasteiger partial charge >= 0.3 is 5.97 Å². The molecule has 19 heavy (non-hydrogen) atoms. The summed E-state index contributed by atoms with van der Waals surface area (Å²) in [6.45, 7) is 2.29. The molecular weight excluding hydrogens is 242 g/mol. The molecule has 0 spiro atoms. The van der Waals surface area contributed by atoms with Gasteiger partial charge in [-0.1, -0.05) is 24.3 Å². The number of hydrogen-bond donors (Lipinski definition) is 3. The van der Waals surface area contributed by atoms with Crippen molar-refractivity contribution in [2.45, 2.75) is 19.4 Å². The number of rotatable bonds is 4. The van der Waals surface area contributed by atoms with Crippen molar-refractivity contribution in [3.05, 3.63) is 35.4 Å². The van der Waals surface area contributed by atoms with Gasteiger partial charge in [-0.2, -0.15) is 0 Å². The zero-order chi connectivity index (χ0) is 13.8. The van der Waals surface area contributed by atoms with Gasteiger partial charge in [0.05, 0.1) is 5.92 Å². The van der Waals surface area contributed by atoms with Crippen LogP contribution in [0.1, 0.15) is 24.0 Å². The summed E-state index contributed by atoms with van der Waals surface area (Å²) in [5.41, 5.74) is 7.37. The highest BCUT2D eigenvalue weighted by Crippen LogP contribution is 2.20. The number of nitrogens with zero attached hydrogens (tertiary/aromatic N) is 1. The van der Waals surface area contributed by atoms with Gasteiger partial charge in [0.25, 0.3) is 0 Å². The summed E-state index contributed by atoms with van der Waals surface area (Å²) in [7, 11) is 0. The van der Waals surface area contributed by atoms with Crippen LogP contribution in [-0.4, -0.2) is 34.9 Å². The molecule has 5 nitrogen and oxygen atoms in total. The molecule has 4 N–H and O–H groups in total. The summed E-state index contributed by atoms with van der Waals surface area (Å²) < 4.78 is 0. The molecular formula is C14H19N3O2. The standard InChI is InChI=1S/C14H19N3O2/c15-13(16)12-4-2-1-3-11(12)9-17-7-5-10(6-8-17)14(18)19/h1-4,10H,5-9H2,(H3,15,16)(H,18,19). The normalized spacial score (nSPS) is 17.3. The zero-order valence-corrected chi connectivity index (χ0v) is 10.8. The second kappa shape index (κ2) is 5.84. The largest absolute Gasteiger partial charge is 0.481 e. The summed E-state index contributed by atoms with van der Waals surface area (Å²) in [6, 6.07) is 7.63. The molecule has 0 amide bonds. The van der Waals surface area contributed by atoms with E-state index in [-0.39, 0.29) is 11.8 Å². The van der Waals surface area contributed by atoms with Crippen LogP contribution in [-0.2, 0) is 11.3 Å². The van der Waals surface area contributed by atoms with E-state index in [0.717, 1.165) is 30.8 Å². The Morgan fingerprint density at radius 2 is 2.00 bits per heavy atom. The number of nitrogens with one attached hydrogen (secondary N) is 1. The van der Waals surface area contributed by atoms with E-state index in [1.165, 1.54) is 0 Å². The topological polar surface area (TPSA) is 90.4 Å². The van der Waals surface area contributed by atoms with Crippen molar-refractivity contribution in [1.29, 1.82) is 5.41 Å². The van der Waals surface area contributed by atoms with E-state index in [9.17, 15) is 4.79 Å². The highest BCUT2D eigenvalue weighted by atomic mass is 16.4. The number of carbonyl (C=O) groups is 1. The van der Waals surface area contributed by atoms with Crippen molar-refractivity contribution >= 4 is 11.8 Å². The molecule has 0 atom stereocenters. The molecule has 0 aromatic heterocycles. The number of carboxylic acids is 1. The number of nitrogen functional groups attached to an aromatic ring is 1. The highest BCUT2D eigenvalue weighted by Gasteiger charge is 2.24. The SMILES string of the molecule is N=C(N)c1ccccc1CN1CCC(C(=O)O)CC1. The van der Waals surface area contributed by atoms with E-state index in [0.29, 0.717) is 12.8 Å². The number of likely N-dealkylation sites (tertiary alicyclic amines) is 1. The van der Waals surface area contributed by atoms with Crippen molar-refractivity contribution in [2.24, 2.45) is 11.7 Å². The van der Waals surface area contributed by atoms with Crippen LogP contribution in [0, 0.1) is 11.3 Å². The van der Waals surface area contributed by atoms with Gasteiger partial charge in [-0.3, -0.25) is 15.1 Å². The van der Waals surface area contributed by atoms with Crippen molar-refractivity contribution < 1.29 is 9.90 Å². The molecule has 0 bridgehead atoms. The average molecular weight is 261 g/mol. The minimum absolute atomic E-state index is 0.0796. The van der Waals surface area contributed by atoms with Gasteiger partial charge in [0.15, 0.2) is 0 Å². The van der Waals surface area contributed by atoms with Crippen LogP contribution >= 0.6 is 0 Å². The molecule has 0 radical (unpaired) electrons. The molecule has 1 aliphatic heterocycles. The second-order valence-corrected chi connectivity index (χ2v) is 4.96. The van der Waals surface area contributed by atoms with Crippen molar-refractivity contribution in [3.8, 4) is 0 Å². The molecule has 1 aromatic rings. The number of piperidine rings is 1. The molecule has 1 fully saturated rings. The lowest BCUT2D eigenvalue weighted by atomic mass is 9.96. The van der Waals surface area contributed by atoms with E-state index >= 15 is 0 Å². The maximum absolute atomic E-state index is 10.9. The van der Waals surface area contributed by atoms with E-state index in [2.05, 4.69) is 4.90 Å². The van der Waals surface area contributed by atoms with Crippen molar-refractivity contribution in [1.82, 2.24) is 4.90 Å². The fourth-order valence-electron chi connectivity index (χ4n) is 2.50. The number of nitrogens with two attached hydrogens (primary N) is 1. The monoisotopic (exact) mass is 261 g/mol. The molecule has 1 heterocycles. The molecule has 2 rings (SSSR count). The van der Waals surface area contributed by atoms with Crippen LogP contribution in [0.3, 0.4) is 0 Å². The fraction of sp³-hybridized carbons (Fsp3) is 0.429. The Morgan fingerprint density at radius 3 is 2.58 bits per heavy atom. The van der Waals surface area contributed by atoms with E-state index in [1.807, 2.05) is 24.3 Å². The third-order valence-electron chi connectivity index (χ3n) is 3.64. The maximum atomic E-state index is 10.9. The van der Waals surface area contributed by atoms with Gasteiger partial charge in [-0.15, -0.1) is 0 Å². The summed E-state index contributed by atoms with van der Waals surface area (Å²) in [5.74, 6) is -0.820. The Morgan fingerprint density at radius 1 is 1.37 bits per heavy atom. The quantitative estimate of drug-likeness (QED) is 0.562. The van der Waals surface area contributed by atoms with Crippen LogP contribution in [0.4, 0.5) is 0 Å². The first-order chi connectivity index (χ1) is 9.08. The number of hydrogen-bond acceptors (Lipinski definition) is 3. The predicted octanol–water partition coefficient (Wildman–Crippen LogP) is 1.27. The Balaban J connectivity index is 2.00. The summed E-state index contributed by atoms with van der Waals surface area (Å²) >= 11 is 0. The Bertz CT molecular complexity index is 479. The summed E-state index contributed by atoms with van der Waals surface area (Å²) in [6.07, 6.45) is 1.38. The predicted molar refractivity (Wildman–Crippen MR) is 73.1 cm³/mol. The number of carboxylic acid groups (broad SMARTS) is 1. The second-order valence-electron chi connectivity index (χ2n) is 4.96. The van der Waals surface area contributed by atoms with Crippen LogP contribution in [0.5, 0.6) is 0 Å². The fourth-order valence-corrected chi connectivity index (χ4v) is 2.50. The number of benzene rings is 1. The molecule has 1 saturated heterocycles. The minimum Gasteiger partial charge on any atom is -0.481 e. The lowest BCUT2D eigenvalue weighted by molar-refractivity contribution is -0.143. The molecule has 1 aromatic carbocycles. The van der Waals surface area contributed by atoms with Crippen LogP contribution in [0.25, 0.3) is 0 Å². The zero-order valence-electron chi connectivity index (χ0n) is 10.8.